The quantitative estimate of drug-likeness (QED) is 0.426. The number of aromatic nitrogens is 2. The highest BCUT2D eigenvalue weighted by molar-refractivity contribution is 5.82. The molecule has 1 aromatic heterocycles. The summed E-state index contributed by atoms with van der Waals surface area (Å²) in [5.74, 6) is 0.272. The number of ether oxygens (including phenoxy) is 2. The van der Waals surface area contributed by atoms with Crippen LogP contribution < -0.4 is 0 Å². The van der Waals surface area contributed by atoms with E-state index in [2.05, 4.69) is 28.4 Å². The number of hydrogen-bond acceptors (Lipinski definition) is 5. The van der Waals surface area contributed by atoms with Gasteiger partial charge in [0.15, 0.2) is 0 Å². The number of benzene rings is 1. The fraction of sp³-hybridized carbons (Fsp3) is 0.690. The van der Waals surface area contributed by atoms with E-state index in [1.54, 1.807) is 4.90 Å². The van der Waals surface area contributed by atoms with Crippen LogP contribution in [0.25, 0.3) is 11.0 Å². The SMILES string of the molecule is COC(=O)N1CCc2ccc3c(nc(C4CCC(C(=O)O)CC4)n3[C@H](C)CC3CCC(OC(F)(F)F)CC3)c2C1. The van der Waals surface area contributed by atoms with E-state index in [0.29, 0.717) is 58.0 Å². The molecule has 5 rings (SSSR count). The summed E-state index contributed by atoms with van der Waals surface area (Å²) in [6.45, 7) is 3.14. The van der Waals surface area contributed by atoms with E-state index in [1.807, 2.05) is 0 Å². The number of rotatable bonds is 6. The number of nitrogens with zero attached hydrogens (tertiary/aromatic N) is 3. The van der Waals surface area contributed by atoms with Crippen molar-refractivity contribution in [2.24, 2.45) is 11.8 Å². The monoisotopic (exact) mass is 565 g/mol. The zero-order valence-electron chi connectivity index (χ0n) is 23.1. The third kappa shape index (κ3) is 6.09. The maximum absolute atomic E-state index is 12.7. The summed E-state index contributed by atoms with van der Waals surface area (Å²) in [7, 11) is 1.38. The summed E-state index contributed by atoms with van der Waals surface area (Å²) in [5, 5.41) is 9.50. The van der Waals surface area contributed by atoms with Crippen LogP contribution in [0.5, 0.6) is 0 Å². The summed E-state index contributed by atoms with van der Waals surface area (Å²) in [5.41, 5.74) is 4.04. The van der Waals surface area contributed by atoms with Crippen molar-refractivity contribution in [3.8, 4) is 0 Å². The highest BCUT2D eigenvalue weighted by Gasteiger charge is 2.37. The van der Waals surface area contributed by atoms with E-state index >= 15 is 0 Å². The van der Waals surface area contributed by atoms with Crippen LogP contribution >= 0.6 is 0 Å². The molecule has 220 valence electrons. The van der Waals surface area contributed by atoms with Gasteiger partial charge in [0.25, 0.3) is 0 Å². The Hall–Kier alpha value is -2.82. The number of fused-ring (bicyclic) bond motifs is 3. The largest absolute Gasteiger partial charge is 0.522 e. The summed E-state index contributed by atoms with van der Waals surface area (Å²) in [6.07, 6.45) is 0.625. The first-order valence-electron chi connectivity index (χ1n) is 14.4. The molecule has 0 spiro atoms. The molecule has 1 aromatic carbocycles. The maximum Gasteiger partial charge on any atom is 0.522 e. The van der Waals surface area contributed by atoms with Crippen LogP contribution in [0.4, 0.5) is 18.0 Å². The van der Waals surface area contributed by atoms with E-state index < -0.39 is 18.4 Å². The number of hydrogen-bond donors (Lipinski definition) is 1. The van der Waals surface area contributed by atoms with Gasteiger partial charge in [-0.3, -0.25) is 9.53 Å². The Morgan fingerprint density at radius 3 is 2.42 bits per heavy atom. The molecule has 1 atom stereocenters. The number of alkyl halides is 3. The van der Waals surface area contributed by atoms with Gasteiger partial charge in [0, 0.05) is 24.1 Å². The second-order valence-corrected chi connectivity index (χ2v) is 11.7. The van der Waals surface area contributed by atoms with E-state index in [1.165, 1.54) is 7.11 Å². The van der Waals surface area contributed by atoms with E-state index in [9.17, 15) is 27.9 Å². The Labute approximate surface area is 231 Å². The molecular formula is C29H38F3N3O5. The lowest BCUT2D eigenvalue weighted by Gasteiger charge is -2.32. The summed E-state index contributed by atoms with van der Waals surface area (Å²) in [4.78, 5) is 30.8. The van der Waals surface area contributed by atoms with Crippen molar-refractivity contribution in [2.45, 2.75) is 102 Å². The standard InChI is InChI=1S/C29H38F3N3O5/c1-17(15-18-3-10-22(11-4-18)40-29(30,31)32)35-24-12-9-19-13-14-34(28(38)39-2)16-23(19)25(24)33-26(35)20-5-7-21(8-6-20)27(36)37/h9,12,17-18,20-22H,3-8,10-11,13-16H2,1-2H3,(H,36,37)/t17-,18?,20?,21?,22?/m1/s1. The first-order chi connectivity index (χ1) is 19.0. The zero-order chi connectivity index (χ0) is 28.6. The number of carboxylic acids is 1. The molecule has 2 fully saturated rings. The molecule has 2 heterocycles. The van der Waals surface area contributed by atoms with Gasteiger partial charge in [-0.05, 0) is 88.7 Å². The van der Waals surface area contributed by atoms with Gasteiger partial charge in [-0.25, -0.2) is 9.78 Å². The second kappa shape index (κ2) is 11.6. The average Bonchev–Trinajstić information content (AvgIpc) is 3.33. The van der Waals surface area contributed by atoms with E-state index in [-0.39, 0.29) is 29.9 Å². The van der Waals surface area contributed by atoms with Gasteiger partial charge in [-0.2, -0.15) is 0 Å². The molecule has 2 saturated carbocycles. The highest BCUT2D eigenvalue weighted by atomic mass is 19.4. The van der Waals surface area contributed by atoms with E-state index in [4.69, 9.17) is 9.72 Å². The lowest BCUT2D eigenvalue weighted by atomic mass is 9.81. The predicted octanol–water partition coefficient (Wildman–Crippen LogP) is 6.57. The lowest BCUT2D eigenvalue weighted by molar-refractivity contribution is -0.345. The van der Waals surface area contributed by atoms with Gasteiger partial charge in [0.1, 0.15) is 5.82 Å². The van der Waals surface area contributed by atoms with Gasteiger partial charge in [-0.15, -0.1) is 13.2 Å². The van der Waals surface area contributed by atoms with Crippen molar-refractivity contribution >= 4 is 23.1 Å². The summed E-state index contributed by atoms with van der Waals surface area (Å²) < 4.78 is 49.6. The van der Waals surface area contributed by atoms with Gasteiger partial charge < -0.3 is 19.3 Å². The minimum absolute atomic E-state index is 0.0561. The number of carbonyl (C=O) groups is 2. The number of carbonyl (C=O) groups excluding carboxylic acids is 1. The van der Waals surface area contributed by atoms with Crippen LogP contribution in [0.1, 0.15) is 93.6 Å². The van der Waals surface area contributed by atoms with Crippen LogP contribution in [0.15, 0.2) is 12.1 Å². The minimum atomic E-state index is -4.60. The molecule has 11 heteroatoms. The normalized spacial score (nSPS) is 26.4. The number of amides is 1. The second-order valence-electron chi connectivity index (χ2n) is 11.7. The minimum Gasteiger partial charge on any atom is -0.481 e. The smallest absolute Gasteiger partial charge is 0.481 e. The Morgan fingerprint density at radius 1 is 1.10 bits per heavy atom. The third-order valence-corrected chi connectivity index (χ3v) is 9.17. The predicted molar refractivity (Wildman–Crippen MR) is 141 cm³/mol. The Balaban J connectivity index is 1.43. The van der Waals surface area contributed by atoms with Crippen molar-refractivity contribution in [1.82, 2.24) is 14.5 Å². The van der Waals surface area contributed by atoms with Crippen LogP contribution in [-0.4, -0.2) is 57.7 Å². The number of aliphatic carboxylic acids is 1. The molecule has 0 bridgehead atoms. The van der Waals surface area contributed by atoms with Crippen molar-refractivity contribution in [3.63, 3.8) is 0 Å². The third-order valence-electron chi connectivity index (χ3n) is 9.17. The molecule has 3 aliphatic rings. The molecule has 2 aromatic rings. The molecule has 1 aliphatic heterocycles. The lowest BCUT2D eigenvalue weighted by Crippen LogP contribution is -2.35. The van der Waals surface area contributed by atoms with Crippen molar-refractivity contribution in [1.29, 1.82) is 0 Å². The van der Waals surface area contributed by atoms with Crippen LogP contribution in [0.2, 0.25) is 0 Å². The average molecular weight is 566 g/mol. The van der Waals surface area contributed by atoms with Gasteiger partial charge in [0.2, 0.25) is 0 Å². The van der Waals surface area contributed by atoms with Gasteiger partial charge in [-0.1, -0.05) is 6.07 Å². The van der Waals surface area contributed by atoms with Gasteiger partial charge >= 0.3 is 18.4 Å². The molecule has 8 nitrogen and oxygen atoms in total. The molecule has 1 N–H and O–H groups in total. The Morgan fingerprint density at radius 2 is 1.80 bits per heavy atom. The van der Waals surface area contributed by atoms with Crippen LogP contribution in [0.3, 0.4) is 0 Å². The molecule has 1 amide bonds. The molecule has 0 unspecified atom stereocenters. The topological polar surface area (TPSA) is 93.9 Å². The molecule has 0 radical (unpaired) electrons. The molecular weight excluding hydrogens is 527 g/mol. The molecule has 0 saturated heterocycles. The van der Waals surface area contributed by atoms with Crippen LogP contribution in [-0.2, 0) is 27.2 Å². The van der Waals surface area contributed by atoms with Crippen molar-refractivity contribution < 1.29 is 37.3 Å². The first-order valence-corrected chi connectivity index (χ1v) is 14.4. The number of methoxy groups -OCH3 is 1. The number of carboxylic acid groups (broad SMARTS) is 1. The molecule has 2 aliphatic carbocycles. The fourth-order valence-electron chi connectivity index (χ4n) is 7.11. The van der Waals surface area contributed by atoms with Crippen molar-refractivity contribution in [3.05, 3.63) is 29.1 Å². The number of imidazole rings is 1. The van der Waals surface area contributed by atoms with Crippen molar-refractivity contribution in [2.75, 3.05) is 13.7 Å². The molecule has 40 heavy (non-hydrogen) atoms. The summed E-state index contributed by atoms with van der Waals surface area (Å²) in [6, 6.07) is 4.27. The van der Waals surface area contributed by atoms with E-state index in [0.717, 1.165) is 47.2 Å². The Kier molecular flexibility index (Phi) is 8.31. The zero-order valence-corrected chi connectivity index (χ0v) is 23.1. The van der Waals surface area contributed by atoms with Gasteiger partial charge in [0.05, 0.1) is 36.7 Å². The summed E-state index contributed by atoms with van der Waals surface area (Å²) >= 11 is 0. The first kappa shape index (κ1) is 28.7. The highest BCUT2D eigenvalue weighted by Crippen LogP contribution is 2.42. The fourth-order valence-corrected chi connectivity index (χ4v) is 7.11. The number of halogens is 3. The van der Waals surface area contributed by atoms with Crippen LogP contribution in [0, 0.1) is 11.8 Å². The Bertz CT molecular complexity index is 1230. The maximum atomic E-state index is 12.7.